The Kier molecular flexibility index (Phi) is 5.00. The zero-order valence-electron chi connectivity index (χ0n) is 12.9. The van der Waals surface area contributed by atoms with E-state index in [4.69, 9.17) is 0 Å². The number of urea groups is 1. The normalized spacial score (nSPS) is 22.0. The lowest BCUT2D eigenvalue weighted by molar-refractivity contribution is -0.0290. The highest BCUT2D eigenvalue weighted by molar-refractivity contribution is 7.10. The average molecular weight is 323 g/mol. The van der Waals surface area contributed by atoms with E-state index in [9.17, 15) is 9.90 Å². The van der Waals surface area contributed by atoms with Crippen LogP contribution in [0.3, 0.4) is 0 Å². The van der Waals surface area contributed by atoms with Gasteiger partial charge in [0.05, 0.1) is 11.6 Å². The summed E-state index contributed by atoms with van der Waals surface area (Å²) in [5.41, 5.74) is -0.667. The van der Waals surface area contributed by atoms with Crippen LogP contribution in [0.15, 0.2) is 17.5 Å². The van der Waals surface area contributed by atoms with Crippen LogP contribution in [0.5, 0.6) is 0 Å². The first-order chi connectivity index (χ1) is 10.7. The van der Waals surface area contributed by atoms with Gasteiger partial charge in [-0.15, -0.1) is 11.3 Å². The van der Waals surface area contributed by atoms with Gasteiger partial charge < -0.3 is 15.7 Å². The van der Waals surface area contributed by atoms with Gasteiger partial charge in [0.1, 0.15) is 0 Å². The predicted octanol–water partition coefficient (Wildman–Crippen LogP) is 2.10. The Balaban J connectivity index is 1.49. The number of rotatable bonds is 6. The monoisotopic (exact) mass is 323 g/mol. The van der Waals surface area contributed by atoms with E-state index in [1.165, 1.54) is 17.7 Å². The average Bonchev–Trinajstić information content (AvgIpc) is 3.17. The second-order valence-electron chi connectivity index (χ2n) is 6.42. The van der Waals surface area contributed by atoms with Crippen molar-refractivity contribution in [1.29, 1.82) is 0 Å². The molecule has 2 amide bonds. The van der Waals surface area contributed by atoms with Gasteiger partial charge in [-0.2, -0.15) is 0 Å². The number of aliphatic hydroxyl groups is 1. The summed E-state index contributed by atoms with van der Waals surface area (Å²) in [6, 6.07) is 4.29. The lowest BCUT2D eigenvalue weighted by Crippen LogP contribution is -2.50. The Morgan fingerprint density at radius 3 is 2.68 bits per heavy atom. The number of carbonyl (C=O) groups is 1. The Morgan fingerprint density at radius 1 is 1.32 bits per heavy atom. The molecule has 2 heterocycles. The van der Waals surface area contributed by atoms with E-state index in [1.807, 2.05) is 0 Å². The number of thiophene rings is 1. The van der Waals surface area contributed by atoms with Crippen molar-refractivity contribution in [2.75, 3.05) is 26.2 Å². The molecule has 1 saturated heterocycles. The van der Waals surface area contributed by atoms with Gasteiger partial charge in [0.2, 0.25) is 0 Å². The van der Waals surface area contributed by atoms with E-state index < -0.39 is 5.60 Å². The van der Waals surface area contributed by atoms with Crippen LogP contribution < -0.4 is 10.6 Å². The summed E-state index contributed by atoms with van der Waals surface area (Å²) in [5, 5.41) is 17.9. The fourth-order valence-electron chi connectivity index (χ4n) is 3.20. The maximum Gasteiger partial charge on any atom is 0.314 e. The summed E-state index contributed by atoms with van der Waals surface area (Å²) in [5.74, 6) is 0. The first-order valence-corrected chi connectivity index (χ1v) is 9.06. The Hall–Kier alpha value is -1.11. The molecule has 0 bridgehead atoms. The smallest absolute Gasteiger partial charge is 0.314 e. The molecule has 0 spiro atoms. The van der Waals surface area contributed by atoms with Crippen molar-refractivity contribution in [2.45, 2.75) is 43.7 Å². The highest BCUT2D eigenvalue weighted by Gasteiger charge is 2.34. The first kappa shape index (κ1) is 15.8. The second kappa shape index (κ2) is 6.98. The topological polar surface area (TPSA) is 64.6 Å². The van der Waals surface area contributed by atoms with E-state index in [0.717, 1.165) is 32.4 Å². The van der Waals surface area contributed by atoms with Crippen molar-refractivity contribution in [3.63, 3.8) is 0 Å². The number of hydrogen-bond acceptors (Lipinski definition) is 4. The van der Waals surface area contributed by atoms with Gasteiger partial charge in [0, 0.05) is 18.0 Å². The SMILES string of the molecule is O=C(NC[C@@H](c1cccs1)N1CCCC1)NCC1(O)CCC1. The quantitative estimate of drug-likeness (QED) is 0.751. The molecule has 0 radical (unpaired) electrons. The van der Waals surface area contributed by atoms with Crippen molar-refractivity contribution in [3.8, 4) is 0 Å². The molecular formula is C16H25N3O2S. The highest BCUT2D eigenvalue weighted by atomic mass is 32.1. The maximum absolute atomic E-state index is 12.0. The third-order valence-electron chi connectivity index (χ3n) is 4.77. The minimum atomic E-state index is -0.667. The van der Waals surface area contributed by atoms with Crippen LogP contribution in [0.2, 0.25) is 0 Å². The molecule has 0 unspecified atom stereocenters. The lowest BCUT2D eigenvalue weighted by Gasteiger charge is -2.36. The van der Waals surface area contributed by atoms with E-state index in [1.54, 1.807) is 11.3 Å². The molecular weight excluding hydrogens is 298 g/mol. The lowest BCUT2D eigenvalue weighted by atomic mass is 9.80. The summed E-state index contributed by atoms with van der Waals surface area (Å²) >= 11 is 1.75. The zero-order valence-corrected chi connectivity index (χ0v) is 13.7. The molecule has 1 aliphatic heterocycles. The van der Waals surface area contributed by atoms with Crippen molar-refractivity contribution < 1.29 is 9.90 Å². The van der Waals surface area contributed by atoms with Crippen LogP contribution in [-0.4, -0.2) is 47.8 Å². The summed E-state index contributed by atoms with van der Waals surface area (Å²) in [6.45, 7) is 3.17. The van der Waals surface area contributed by atoms with E-state index >= 15 is 0 Å². The van der Waals surface area contributed by atoms with Gasteiger partial charge in [-0.05, 0) is 56.6 Å². The van der Waals surface area contributed by atoms with Crippen LogP contribution in [0.1, 0.15) is 43.0 Å². The molecule has 2 fully saturated rings. The molecule has 1 atom stereocenters. The molecule has 122 valence electrons. The third-order valence-corrected chi connectivity index (χ3v) is 5.74. The number of nitrogens with one attached hydrogen (secondary N) is 2. The molecule has 3 N–H and O–H groups in total. The minimum Gasteiger partial charge on any atom is -0.388 e. The number of nitrogens with zero attached hydrogens (tertiary/aromatic N) is 1. The Bertz CT molecular complexity index is 482. The van der Waals surface area contributed by atoms with Gasteiger partial charge >= 0.3 is 6.03 Å². The van der Waals surface area contributed by atoms with Gasteiger partial charge in [-0.3, -0.25) is 4.90 Å². The van der Waals surface area contributed by atoms with Crippen molar-refractivity contribution in [3.05, 3.63) is 22.4 Å². The molecule has 1 aliphatic carbocycles. The molecule has 6 heteroatoms. The van der Waals surface area contributed by atoms with Crippen molar-refractivity contribution >= 4 is 17.4 Å². The zero-order chi connectivity index (χ0) is 15.4. The fraction of sp³-hybridized carbons (Fsp3) is 0.688. The number of hydrogen-bond donors (Lipinski definition) is 3. The predicted molar refractivity (Wildman–Crippen MR) is 88.1 cm³/mol. The molecule has 0 aromatic carbocycles. The number of carbonyl (C=O) groups excluding carboxylic acids is 1. The van der Waals surface area contributed by atoms with Gasteiger partial charge in [0.25, 0.3) is 0 Å². The molecule has 1 aromatic rings. The molecule has 2 aliphatic rings. The van der Waals surface area contributed by atoms with Crippen molar-refractivity contribution in [2.24, 2.45) is 0 Å². The number of amides is 2. The van der Waals surface area contributed by atoms with Gasteiger partial charge in [0.15, 0.2) is 0 Å². The summed E-state index contributed by atoms with van der Waals surface area (Å²) < 4.78 is 0. The third kappa shape index (κ3) is 3.80. The summed E-state index contributed by atoms with van der Waals surface area (Å²) in [6.07, 6.45) is 5.11. The molecule has 3 rings (SSSR count). The van der Waals surface area contributed by atoms with Crippen LogP contribution in [0, 0.1) is 0 Å². The number of likely N-dealkylation sites (tertiary alicyclic amines) is 1. The molecule has 22 heavy (non-hydrogen) atoms. The first-order valence-electron chi connectivity index (χ1n) is 8.18. The highest BCUT2D eigenvalue weighted by Crippen LogP contribution is 2.30. The fourth-order valence-corrected chi connectivity index (χ4v) is 4.06. The van der Waals surface area contributed by atoms with Crippen LogP contribution in [0.4, 0.5) is 4.79 Å². The van der Waals surface area contributed by atoms with Gasteiger partial charge in [-0.25, -0.2) is 4.79 Å². The maximum atomic E-state index is 12.0. The summed E-state index contributed by atoms with van der Waals surface area (Å²) in [7, 11) is 0. The second-order valence-corrected chi connectivity index (χ2v) is 7.40. The van der Waals surface area contributed by atoms with E-state index in [2.05, 4.69) is 33.0 Å². The standard InChI is InChI=1S/C16H25N3O2S/c20-15(18-12-16(21)6-4-7-16)17-11-13(14-5-3-10-22-14)19-8-1-2-9-19/h3,5,10,13,21H,1-2,4,6-9,11-12H2,(H2,17,18,20)/t13-/m0/s1. The Labute approximate surface area is 135 Å². The van der Waals surface area contributed by atoms with Crippen LogP contribution in [-0.2, 0) is 0 Å². The minimum absolute atomic E-state index is 0.180. The van der Waals surface area contributed by atoms with Gasteiger partial charge in [-0.1, -0.05) is 6.07 Å². The summed E-state index contributed by atoms with van der Waals surface area (Å²) in [4.78, 5) is 15.7. The van der Waals surface area contributed by atoms with Crippen molar-refractivity contribution in [1.82, 2.24) is 15.5 Å². The molecule has 1 aromatic heterocycles. The van der Waals surface area contributed by atoms with E-state index in [-0.39, 0.29) is 12.1 Å². The van der Waals surface area contributed by atoms with Crippen LogP contribution >= 0.6 is 11.3 Å². The molecule has 5 nitrogen and oxygen atoms in total. The largest absolute Gasteiger partial charge is 0.388 e. The Morgan fingerprint density at radius 2 is 2.09 bits per heavy atom. The van der Waals surface area contributed by atoms with Crippen LogP contribution in [0.25, 0.3) is 0 Å². The van der Waals surface area contributed by atoms with E-state index in [0.29, 0.717) is 13.1 Å². The molecule has 1 saturated carbocycles.